The summed E-state index contributed by atoms with van der Waals surface area (Å²) in [7, 11) is 2.11. The van der Waals surface area contributed by atoms with Crippen LogP contribution in [0.15, 0.2) is 0 Å². The summed E-state index contributed by atoms with van der Waals surface area (Å²) in [5, 5.41) is 3.51. The van der Waals surface area contributed by atoms with Crippen molar-refractivity contribution >= 4 is 0 Å². The van der Waals surface area contributed by atoms with Crippen molar-refractivity contribution in [3.8, 4) is 0 Å². The molecule has 2 atom stereocenters. The van der Waals surface area contributed by atoms with Gasteiger partial charge in [-0.2, -0.15) is 0 Å². The van der Waals surface area contributed by atoms with Crippen LogP contribution in [0, 0.1) is 11.8 Å². The van der Waals surface area contributed by atoms with E-state index in [0.717, 1.165) is 11.8 Å². The van der Waals surface area contributed by atoms with Crippen LogP contribution in [0.25, 0.3) is 0 Å². The van der Waals surface area contributed by atoms with Crippen molar-refractivity contribution in [2.24, 2.45) is 11.8 Å². The lowest BCUT2D eigenvalue weighted by atomic mass is 9.84. The maximum Gasteiger partial charge on any atom is 0.0204 e. The average molecular weight is 155 g/mol. The largest absolute Gasteiger partial charge is 0.314 e. The van der Waals surface area contributed by atoms with Crippen LogP contribution in [0.1, 0.15) is 40.0 Å². The van der Waals surface area contributed by atoms with E-state index in [4.69, 9.17) is 0 Å². The normalized spacial score (nSPS) is 38.5. The molecule has 2 unspecified atom stereocenters. The van der Waals surface area contributed by atoms with E-state index >= 15 is 0 Å². The van der Waals surface area contributed by atoms with Crippen LogP contribution in [0.5, 0.6) is 0 Å². The van der Waals surface area contributed by atoms with Gasteiger partial charge in [-0.1, -0.05) is 20.8 Å². The molecule has 0 bridgehead atoms. The molecule has 1 heteroatoms. The summed E-state index contributed by atoms with van der Waals surface area (Å²) in [4.78, 5) is 0. The molecular formula is C10H21N. The molecule has 1 N–H and O–H groups in total. The molecule has 0 aromatic rings. The van der Waals surface area contributed by atoms with Gasteiger partial charge in [-0.25, -0.2) is 0 Å². The zero-order chi connectivity index (χ0) is 8.48. The molecule has 0 radical (unpaired) electrons. The van der Waals surface area contributed by atoms with Gasteiger partial charge in [0.05, 0.1) is 0 Å². The maximum absolute atomic E-state index is 3.51. The summed E-state index contributed by atoms with van der Waals surface area (Å²) >= 11 is 0. The molecule has 0 aromatic carbocycles. The van der Waals surface area contributed by atoms with Gasteiger partial charge < -0.3 is 5.32 Å². The minimum Gasteiger partial charge on any atom is -0.314 e. The van der Waals surface area contributed by atoms with Crippen LogP contribution in [0.4, 0.5) is 0 Å². The Bertz CT molecular complexity index is 131. The Hall–Kier alpha value is -0.0400. The average Bonchev–Trinajstić information content (AvgIpc) is 2.33. The summed E-state index contributed by atoms with van der Waals surface area (Å²) in [6.45, 7) is 7.02. The van der Waals surface area contributed by atoms with Crippen molar-refractivity contribution in [3.05, 3.63) is 0 Å². The van der Waals surface area contributed by atoms with Gasteiger partial charge >= 0.3 is 0 Å². The van der Waals surface area contributed by atoms with E-state index in [2.05, 4.69) is 33.1 Å². The van der Waals surface area contributed by atoms with E-state index < -0.39 is 0 Å². The lowest BCUT2D eigenvalue weighted by Crippen LogP contribution is -2.45. The monoisotopic (exact) mass is 155 g/mol. The van der Waals surface area contributed by atoms with Crippen molar-refractivity contribution in [1.82, 2.24) is 5.32 Å². The van der Waals surface area contributed by atoms with Gasteiger partial charge in [0.15, 0.2) is 0 Å². The number of hydrogen-bond donors (Lipinski definition) is 1. The lowest BCUT2D eigenvalue weighted by Gasteiger charge is -2.33. The third-order valence-electron chi connectivity index (χ3n) is 3.40. The minimum atomic E-state index is 0.458. The van der Waals surface area contributed by atoms with Crippen molar-refractivity contribution in [2.45, 2.75) is 45.6 Å². The zero-order valence-corrected chi connectivity index (χ0v) is 8.28. The summed E-state index contributed by atoms with van der Waals surface area (Å²) in [6, 6.07) is 0. The fourth-order valence-electron chi connectivity index (χ4n) is 2.37. The first kappa shape index (κ1) is 9.05. The molecule has 0 heterocycles. The van der Waals surface area contributed by atoms with Crippen molar-refractivity contribution in [1.29, 1.82) is 0 Å². The second-order valence-electron chi connectivity index (χ2n) is 4.41. The molecule has 1 aliphatic rings. The smallest absolute Gasteiger partial charge is 0.0204 e. The predicted molar refractivity (Wildman–Crippen MR) is 49.6 cm³/mol. The van der Waals surface area contributed by atoms with Gasteiger partial charge in [-0.05, 0) is 38.1 Å². The molecule has 0 spiro atoms. The highest BCUT2D eigenvalue weighted by Gasteiger charge is 2.38. The Kier molecular flexibility index (Phi) is 2.58. The number of rotatable bonds is 2. The molecule has 1 nitrogen and oxygen atoms in total. The van der Waals surface area contributed by atoms with E-state index in [1.165, 1.54) is 19.3 Å². The molecule has 1 saturated carbocycles. The van der Waals surface area contributed by atoms with Gasteiger partial charge in [-0.15, -0.1) is 0 Å². The van der Waals surface area contributed by atoms with Crippen LogP contribution < -0.4 is 5.32 Å². The fourth-order valence-corrected chi connectivity index (χ4v) is 2.37. The van der Waals surface area contributed by atoms with Crippen LogP contribution in [0.3, 0.4) is 0 Å². The molecule has 1 fully saturated rings. The summed E-state index contributed by atoms with van der Waals surface area (Å²) in [6.07, 6.45) is 4.13. The van der Waals surface area contributed by atoms with E-state index in [1.54, 1.807) is 0 Å². The number of nitrogens with one attached hydrogen (secondary N) is 1. The van der Waals surface area contributed by atoms with Crippen LogP contribution in [0.2, 0.25) is 0 Å². The standard InChI is InChI=1S/C10H21N/c1-8(2)10(11-4)6-5-9(3)7-10/h8-9,11H,5-7H2,1-4H3. The highest BCUT2D eigenvalue weighted by atomic mass is 15.0. The first-order valence-corrected chi connectivity index (χ1v) is 4.79. The zero-order valence-electron chi connectivity index (χ0n) is 8.28. The Morgan fingerprint density at radius 3 is 2.27 bits per heavy atom. The van der Waals surface area contributed by atoms with Gasteiger partial charge in [0.1, 0.15) is 0 Å². The Morgan fingerprint density at radius 1 is 1.45 bits per heavy atom. The Morgan fingerprint density at radius 2 is 2.09 bits per heavy atom. The van der Waals surface area contributed by atoms with Gasteiger partial charge in [0.2, 0.25) is 0 Å². The molecule has 0 aromatic heterocycles. The quantitative estimate of drug-likeness (QED) is 0.645. The van der Waals surface area contributed by atoms with Crippen LogP contribution in [-0.4, -0.2) is 12.6 Å². The van der Waals surface area contributed by atoms with E-state index in [0.29, 0.717) is 5.54 Å². The molecule has 1 aliphatic carbocycles. The molecule has 0 amide bonds. The van der Waals surface area contributed by atoms with Crippen LogP contribution in [-0.2, 0) is 0 Å². The van der Waals surface area contributed by atoms with E-state index in [1.807, 2.05) is 0 Å². The van der Waals surface area contributed by atoms with Gasteiger partial charge in [0, 0.05) is 5.54 Å². The topological polar surface area (TPSA) is 12.0 Å². The summed E-state index contributed by atoms with van der Waals surface area (Å²) in [5.41, 5.74) is 0.458. The van der Waals surface area contributed by atoms with Crippen molar-refractivity contribution in [3.63, 3.8) is 0 Å². The Labute approximate surface area is 70.6 Å². The Balaban J connectivity index is 2.62. The van der Waals surface area contributed by atoms with Gasteiger partial charge in [0.25, 0.3) is 0 Å². The predicted octanol–water partition coefficient (Wildman–Crippen LogP) is 2.42. The second kappa shape index (κ2) is 3.14. The molecule has 66 valence electrons. The SMILES string of the molecule is CNC1(C(C)C)CCC(C)C1. The third kappa shape index (κ3) is 1.58. The van der Waals surface area contributed by atoms with Crippen LogP contribution >= 0.6 is 0 Å². The fraction of sp³-hybridized carbons (Fsp3) is 1.00. The van der Waals surface area contributed by atoms with Crippen molar-refractivity contribution < 1.29 is 0 Å². The van der Waals surface area contributed by atoms with Crippen molar-refractivity contribution in [2.75, 3.05) is 7.05 Å². The lowest BCUT2D eigenvalue weighted by molar-refractivity contribution is 0.252. The first-order chi connectivity index (χ1) is 5.10. The molecule has 11 heavy (non-hydrogen) atoms. The summed E-state index contributed by atoms with van der Waals surface area (Å²) < 4.78 is 0. The molecule has 1 rings (SSSR count). The van der Waals surface area contributed by atoms with E-state index in [-0.39, 0.29) is 0 Å². The third-order valence-corrected chi connectivity index (χ3v) is 3.40. The maximum atomic E-state index is 3.51. The summed E-state index contributed by atoms with van der Waals surface area (Å²) in [5.74, 6) is 1.70. The molecule has 0 saturated heterocycles. The number of hydrogen-bond acceptors (Lipinski definition) is 1. The molecule has 0 aliphatic heterocycles. The second-order valence-corrected chi connectivity index (χ2v) is 4.41. The van der Waals surface area contributed by atoms with Gasteiger partial charge in [-0.3, -0.25) is 0 Å². The minimum absolute atomic E-state index is 0.458. The first-order valence-electron chi connectivity index (χ1n) is 4.79. The highest BCUT2D eigenvalue weighted by molar-refractivity contribution is 4.96. The molecular weight excluding hydrogens is 134 g/mol. The van der Waals surface area contributed by atoms with E-state index in [9.17, 15) is 0 Å². The highest BCUT2D eigenvalue weighted by Crippen LogP contribution is 2.38.